The second-order valence-corrected chi connectivity index (χ2v) is 6.12. The van der Waals surface area contributed by atoms with Crippen LogP contribution in [0.5, 0.6) is 5.75 Å². The lowest BCUT2D eigenvalue weighted by Crippen LogP contribution is -2.84. The molecule has 1 aliphatic rings. The van der Waals surface area contributed by atoms with Crippen LogP contribution in [0.25, 0.3) is 0 Å². The Labute approximate surface area is 149 Å². The largest absolute Gasteiger partial charge is 0.497 e. The molecule has 26 heavy (non-hydrogen) atoms. The van der Waals surface area contributed by atoms with Gasteiger partial charge in [0.2, 0.25) is 0 Å². The van der Waals surface area contributed by atoms with E-state index in [-0.39, 0.29) is 6.10 Å². The summed E-state index contributed by atoms with van der Waals surface area (Å²) in [5, 5.41) is 6.06. The monoisotopic (exact) mass is 365 g/mol. The number of oxime groups is 1. The molecule has 0 aliphatic carbocycles. The molecule has 0 radical (unpaired) electrons. The molecule has 138 valence electrons. The van der Waals surface area contributed by atoms with Crippen molar-refractivity contribution < 1.29 is 28.1 Å². The fourth-order valence-corrected chi connectivity index (χ4v) is 2.82. The van der Waals surface area contributed by atoms with E-state index in [4.69, 9.17) is 9.57 Å². The molecule has 2 aromatic rings. The number of nitrogens with two attached hydrogens (primary N) is 1. The Morgan fingerprint density at radius 1 is 1.19 bits per heavy atom. The molecule has 0 saturated heterocycles. The number of alkyl halides is 3. The maximum atomic E-state index is 12.7. The molecule has 0 amide bonds. The van der Waals surface area contributed by atoms with Crippen molar-refractivity contribution in [1.29, 1.82) is 0 Å². The zero-order valence-corrected chi connectivity index (χ0v) is 14.3. The molecular weight excluding hydrogens is 345 g/mol. The maximum absolute atomic E-state index is 12.7. The lowest BCUT2D eigenvalue weighted by atomic mass is 10.0. The zero-order chi connectivity index (χ0) is 18.6. The minimum Gasteiger partial charge on any atom is -0.497 e. The van der Waals surface area contributed by atoms with Gasteiger partial charge in [-0.25, -0.2) is 0 Å². The quantitative estimate of drug-likeness (QED) is 0.856. The van der Waals surface area contributed by atoms with Crippen LogP contribution in [0.2, 0.25) is 0 Å². The minimum absolute atomic E-state index is 0.0853. The van der Waals surface area contributed by atoms with Crippen molar-refractivity contribution in [3.8, 4) is 5.75 Å². The van der Waals surface area contributed by atoms with Crippen molar-refractivity contribution in [2.75, 3.05) is 13.7 Å². The molecule has 2 N–H and O–H groups in total. The number of halogens is 3. The van der Waals surface area contributed by atoms with E-state index in [9.17, 15) is 13.2 Å². The van der Waals surface area contributed by atoms with Crippen LogP contribution in [0, 0.1) is 0 Å². The third-order valence-corrected chi connectivity index (χ3v) is 4.22. The van der Waals surface area contributed by atoms with Crippen LogP contribution in [0.4, 0.5) is 13.2 Å². The van der Waals surface area contributed by atoms with Gasteiger partial charge in [-0.2, -0.15) is 13.2 Å². The molecule has 0 aromatic heterocycles. The predicted molar refractivity (Wildman–Crippen MR) is 91.0 cm³/mol. The predicted octanol–water partition coefficient (Wildman–Crippen LogP) is 2.97. The summed E-state index contributed by atoms with van der Waals surface area (Å²) in [6.45, 7) is 1.08. The van der Waals surface area contributed by atoms with Gasteiger partial charge in [0.15, 0.2) is 6.10 Å². The van der Waals surface area contributed by atoms with Crippen molar-refractivity contribution in [3.05, 3.63) is 65.2 Å². The van der Waals surface area contributed by atoms with E-state index in [0.29, 0.717) is 25.1 Å². The molecule has 0 bridgehead atoms. The van der Waals surface area contributed by atoms with E-state index in [1.807, 2.05) is 29.6 Å². The van der Waals surface area contributed by atoms with E-state index in [1.165, 1.54) is 12.1 Å². The highest BCUT2D eigenvalue weighted by Crippen LogP contribution is 2.29. The standard InChI is InChI=1S/C19H19F3N2O2/c1-25-16-7-5-14(6-8-16)18-10-17(26-24-18)12-23-11-13-3-2-4-15(9-13)19(20,21)22/h2-9,17,23H,10-12H2,1H3/p+1/t17-/m0/s1. The molecule has 0 fully saturated rings. The second kappa shape index (κ2) is 7.78. The highest BCUT2D eigenvalue weighted by atomic mass is 19.4. The fraction of sp³-hybridized carbons (Fsp3) is 0.316. The second-order valence-electron chi connectivity index (χ2n) is 6.12. The Morgan fingerprint density at radius 2 is 1.96 bits per heavy atom. The first-order chi connectivity index (χ1) is 12.5. The number of ether oxygens (including phenoxy) is 1. The topological polar surface area (TPSA) is 47.4 Å². The van der Waals surface area contributed by atoms with Gasteiger partial charge in [0.05, 0.1) is 18.4 Å². The summed E-state index contributed by atoms with van der Waals surface area (Å²) in [6.07, 6.45) is -3.73. The first-order valence-corrected chi connectivity index (χ1v) is 8.30. The third-order valence-electron chi connectivity index (χ3n) is 4.22. The van der Waals surface area contributed by atoms with Crippen LogP contribution in [0.15, 0.2) is 53.7 Å². The lowest BCUT2D eigenvalue weighted by molar-refractivity contribution is -0.676. The molecule has 3 rings (SSSR count). The first kappa shape index (κ1) is 18.3. The van der Waals surface area contributed by atoms with E-state index in [1.54, 1.807) is 13.2 Å². The zero-order valence-electron chi connectivity index (χ0n) is 14.3. The normalized spacial score (nSPS) is 16.9. The molecular formula is C19H20F3N2O2+. The first-order valence-electron chi connectivity index (χ1n) is 8.30. The van der Waals surface area contributed by atoms with Gasteiger partial charge in [0.25, 0.3) is 0 Å². The van der Waals surface area contributed by atoms with Crippen LogP contribution in [-0.2, 0) is 17.6 Å². The van der Waals surface area contributed by atoms with Crippen LogP contribution >= 0.6 is 0 Å². The van der Waals surface area contributed by atoms with Gasteiger partial charge in [0.1, 0.15) is 18.8 Å². The lowest BCUT2D eigenvalue weighted by Gasteiger charge is -2.10. The third kappa shape index (κ3) is 4.54. The average Bonchev–Trinajstić information content (AvgIpc) is 3.10. The number of rotatable bonds is 6. The number of benzene rings is 2. The van der Waals surface area contributed by atoms with E-state index < -0.39 is 11.7 Å². The van der Waals surface area contributed by atoms with Gasteiger partial charge in [-0.3, -0.25) is 0 Å². The van der Waals surface area contributed by atoms with Crippen molar-refractivity contribution in [3.63, 3.8) is 0 Å². The summed E-state index contributed by atoms with van der Waals surface area (Å²) in [5.41, 5.74) is 1.86. The highest BCUT2D eigenvalue weighted by molar-refractivity contribution is 6.01. The molecule has 0 saturated carbocycles. The molecule has 1 heterocycles. The van der Waals surface area contributed by atoms with Crippen LogP contribution in [0.1, 0.15) is 23.1 Å². The fourth-order valence-electron chi connectivity index (χ4n) is 2.82. The summed E-state index contributed by atoms with van der Waals surface area (Å²) >= 11 is 0. The number of hydrogen-bond acceptors (Lipinski definition) is 3. The Morgan fingerprint density at radius 3 is 2.65 bits per heavy atom. The summed E-state index contributed by atoms with van der Waals surface area (Å²) in [7, 11) is 1.61. The van der Waals surface area contributed by atoms with E-state index in [2.05, 4.69) is 5.16 Å². The average molecular weight is 365 g/mol. The summed E-state index contributed by atoms with van der Waals surface area (Å²) < 4.78 is 43.3. The summed E-state index contributed by atoms with van der Waals surface area (Å²) in [4.78, 5) is 5.44. The molecule has 0 spiro atoms. The maximum Gasteiger partial charge on any atom is 0.416 e. The van der Waals surface area contributed by atoms with E-state index in [0.717, 1.165) is 23.1 Å². The van der Waals surface area contributed by atoms with Crippen LogP contribution < -0.4 is 10.1 Å². The smallest absolute Gasteiger partial charge is 0.416 e. The van der Waals surface area contributed by atoms with Crippen molar-refractivity contribution in [2.45, 2.75) is 25.2 Å². The molecule has 2 aromatic carbocycles. The van der Waals surface area contributed by atoms with Crippen LogP contribution in [0.3, 0.4) is 0 Å². The summed E-state index contributed by atoms with van der Waals surface area (Å²) in [6, 6.07) is 13.0. The molecule has 0 unspecified atom stereocenters. The molecule has 1 aliphatic heterocycles. The van der Waals surface area contributed by atoms with Gasteiger partial charge in [-0.1, -0.05) is 17.3 Å². The number of quaternary nitrogens is 1. The van der Waals surface area contributed by atoms with Crippen molar-refractivity contribution in [1.82, 2.24) is 0 Å². The van der Waals surface area contributed by atoms with E-state index >= 15 is 0 Å². The Hall–Kier alpha value is -2.54. The highest BCUT2D eigenvalue weighted by Gasteiger charge is 2.30. The summed E-state index contributed by atoms with van der Waals surface area (Å²) in [5.74, 6) is 0.777. The number of nitrogens with zero attached hydrogens (tertiary/aromatic N) is 1. The number of methoxy groups -OCH3 is 1. The van der Waals surface area contributed by atoms with Crippen molar-refractivity contribution >= 4 is 5.71 Å². The SMILES string of the molecule is COc1ccc(C2=NO[C@H](C[NH2+]Cc3cccc(C(F)(F)F)c3)C2)cc1. The Kier molecular flexibility index (Phi) is 5.46. The van der Waals surface area contributed by atoms with Crippen molar-refractivity contribution in [2.24, 2.45) is 5.16 Å². The molecule has 1 atom stereocenters. The van der Waals surface area contributed by atoms with Gasteiger partial charge < -0.3 is 14.9 Å². The minimum atomic E-state index is -4.31. The van der Waals surface area contributed by atoms with Gasteiger partial charge in [-0.05, 0) is 42.0 Å². The van der Waals surface area contributed by atoms with Gasteiger partial charge >= 0.3 is 6.18 Å². The number of hydrogen-bond donors (Lipinski definition) is 1. The molecule has 7 heteroatoms. The molecule has 4 nitrogen and oxygen atoms in total. The van der Waals surface area contributed by atoms with Crippen LogP contribution in [-0.4, -0.2) is 25.5 Å². The van der Waals surface area contributed by atoms with Gasteiger partial charge in [-0.15, -0.1) is 0 Å². The Bertz CT molecular complexity index is 773. The van der Waals surface area contributed by atoms with Gasteiger partial charge in [0, 0.05) is 12.0 Å². The Balaban J connectivity index is 1.48.